The molecule has 2 N–H and O–H groups in total. The zero-order chi connectivity index (χ0) is 19.6. The molecule has 4 nitrogen and oxygen atoms in total. The molecule has 0 radical (unpaired) electrons. The first-order valence-electron chi connectivity index (χ1n) is 7.47. The number of rotatable bonds is 3. The summed E-state index contributed by atoms with van der Waals surface area (Å²) in [7, 11) is 0. The summed E-state index contributed by atoms with van der Waals surface area (Å²) in [5, 5.41) is 4.54. The minimum atomic E-state index is -0.890. The maximum absolute atomic E-state index is 13.8. The van der Waals surface area contributed by atoms with E-state index < -0.39 is 23.4 Å². The van der Waals surface area contributed by atoms with E-state index in [1.54, 1.807) is 6.07 Å². The summed E-state index contributed by atoms with van der Waals surface area (Å²) < 4.78 is 46.1. The number of carbonyl (C=O) groups is 1. The lowest BCUT2D eigenvalue weighted by Crippen LogP contribution is -2.34. The third-order valence-corrected chi connectivity index (χ3v) is 4.27. The molecule has 0 aliphatic heterocycles. The van der Waals surface area contributed by atoms with Gasteiger partial charge in [-0.15, -0.1) is 0 Å². The second-order valence-electron chi connectivity index (χ2n) is 5.30. The standard InChI is InChI=1S/C18H10BrF3N2O2S/c19-11-7-9(20)8-13(22)16(11)23-18(27)24-17(25)15-6-5-14(26-15)10-3-1-2-4-12(10)21/h1-8H,(H2,23,24,25,27). The fraction of sp³-hybridized carbons (Fsp3) is 0. The van der Waals surface area contributed by atoms with Gasteiger partial charge >= 0.3 is 0 Å². The Morgan fingerprint density at radius 3 is 2.48 bits per heavy atom. The van der Waals surface area contributed by atoms with Crippen LogP contribution in [0.15, 0.2) is 57.4 Å². The van der Waals surface area contributed by atoms with Gasteiger partial charge in [0, 0.05) is 10.5 Å². The van der Waals surface area contributed by atoms with Crippen LogP contribution in [0.3, 0.4) is 0 Å². The molecule has 0 saturated carbocycles. The molecule has 27 heavy (non-hydrogen) atoms. The van der Waals surface area contributed by atoms with E-state index in [4.69, 9.17) is 16.6 Å². The highest BCUT2D eigenvalue weighted by molar-refractivity contribution is 9.10. The predicted molar refractivity (Wildman–Crippen MR) is 102 cm³/mol. The molecule has 3 rings (SSSR count). The number of benzene rings is 2. The number of nitrogens with one attached hydrogen (secondary N) is 2. The van der Waals surface area contributed by atoms with Gasteiger partial charge < -0.3 is 9.73 Å². The van der Waals surface area contributed by atoms with Crippen LogP contribution >= 0.6 is 28.1 Å². The number of hydrogen-bond acceptors (Lipinski definition) is 3. The highest BCUT2D eigenvalue weighted by atomic mass is 79.9. The third kappa shape index (κ3) is 4.37. The van der Waals surface area contributed by atoms with Crippen LogP contribution in [-0.2, 0) is 0 Å². The summed E-state index contributed by atoms with van der Waals surface area (Å²) in [5.74, 6) is -2.81. The molecule has 3 aromatic rings. The van der Waals surface area contributed by atoms with Gasteiger partial charge in [0.15, 0.2) is 16.7 Å². The Morgan fingerprint density at radius 1 is 1.04 bits per heavy atom. The van der Waals surface area contributed by atoms with Crippen molar-refractivity contribution in [3.63, 3.8) is 0 Å². The van der Waals surface area contributed by atoms with Gasteiger partial charge in [0.1, 0.15) is 17.4 Å². The molecule has 0 saturated heterocycles. The topological polar surface area (TPSA) is 54.3 Å². The second kappa shape index (κ2) is 7.93. The Labute approximate surface area is 165 Å². The minimum absolute atomic E-state index is 0.0939. The van der Waals surface area contributed by atoms with Crippen molar-refractivity contribution in [2.24, 2.45) is 0 Å². The molecule has 0 aliphatic rings. The maximum Gasteiger partial charge on any atom is 0.293 e. The molecule has 0 atom stereocenters. The van der Waals surface area contributed by atoms with E-state index >= 15 is 0 Å². The molecule has 0 aliphatic carbocycles. The Hall–Kier alpha value is -2.65. The third-order valence-electron chi connectivity index (χ3n) is 3.44. The van der Waals surface area contributed by atoms with Crippen LogP contribution < -0.4 is 10.6 Å². The van der Waals surface area contributed by atoms with Gasteiger partial charge in [-0.25, -0.2) is 13.2 Å². The molecule has 0 unspecified atom stereocenters. The Bertz CT molecular complexity index is 1020. The molecule has 9 heteroatoms. The van der Waals surface area contributed by atoms with Gasteiger partial charge in [-0.3, -0.25) is 10.1 Å². The van der Waals surface area contributed by atoms with E-state index in [2.05, 4.69) is 26.6 Å². The first kappa shape index (κ1) is 19.1. The normalized spacial score (nSPS) is 10.5. The molecule has 0 bridgehead atoms. The van der Waals surface area contributed by atoms with Crippen LogP contribution in [0.1, 0.15) is 10.6 Å². The van der Waals surface area contributed by atoms with Gasteiger partial charge in [0.05, 0.1) is 11.3 Å². The van der Waals surface area contributed by atoms with Crippen LogP contribution in [0.25, 0.3) is 11.3 Å². The average Bonchev–Trinajstić information content (AvgIpc) is 3.08. The minimum Gasteiger partial charge on any atom is -0.451 e. The summed E-state index contributed by atoms with van der Waals surface area (Å²) in [6, 6.07) is 10.5. The van der Waals surface area contributed by atoms with E-state index in [0.29, 0.717) is 6.07 Å². The Kier molecular flexibility index (Phi) is 5.62. The number of hydrogen-bond donors (Lipinski definition) is 2. The van der Waals surface area contributed by atoms with Crippen LogP contribution in [-0.4, -0.2) is 11.0 Å². The SMILES string of the molecule is O=C(NC(=S)Nc1c(F)cc(F)cc1Br)c1ccc(-c2ccccc2F)o1. The van der Waals surface area contributed by atoms with Crippen LogP contribution in [0, 0.1) is 17.5 Å². The molecule has 1 aromatic heterocycles. The zero-order valence-electron chi connectivity index (χ0n) is 13.4. The summed E-state index contributed by atoms with van der Waals surface area (Å²) in [6.45, 7) is 0. The molecule has 0 spiro atoms. The van der Waals surface area contributed by atoms with Gasteiger partial charge in [0.2, 0.25) is 0 Å². The van der Waals surface area contributed by atoms with Crippen molar-refractivity contribution in [3.05, 3.63) is 76.2 Å². The lowest BCUT2D eigenvalue weighted by Gasteiger charge is -2.11. The molecule has 1 heterocycles. The lowest BCUT2D eigenvalue weighted by atomic mass is 10.1. The summed E-state index contributed by atoms with van der Waals surface area (Å²) in [6.07, 6.45) is 0. The second-order valence-corrected chi connectivity index (χ2v) is 6.56. The number of carbonyl (C=O) groups excluding carboxylic acids is 1. The van der Waals surface area contributed by atoms with E-state index in [1.807, 2.05) is 0 Å². The molecule has 1 amide bonds. The first-order chi connectivity index (χ1) is 12.8. The van der Waals surface area contributed by atoms with Crippen LogP contribution in [0.4, 0.5) is 18.9 Å². The van der Waals surface area contributed by atoms with Crippen molar-refractivity contribution in [1.82, 2.24) is 5.32 Å². The first-order valence-corrected chi connectivity index (χ1v) is 8.67. The molecule has 0 fully saturated rings. The van der Waals surface area contributed by atoms with Crippen LogP contribution in [0.5, 0.6) is 0 Å². The molecule has 2 aromatic carbocycles. The summed E-state index contributed by atoms with van der Waals surface area (Å²) >= 11 is 7.96. The van der Waals surface area contributed by atoms with Crippen LogP contribution in [0.2, 0.25) is 0 Å². The lowest BCUT2D eigenvalue weighted by molar-refractivity contribution is 0.0951. The van der Waals surface area contributed by atoms with Crippen molar-refractivity contribution in [3.8, 4) is 11.3 Å². The van der Waals surface area contributed by atoms with Gasteiger partial charge in [-0.1, -0.05) is 12.1 Å². The average molecular weight is 455 g/mol. The number of furan rings is 1. The van der Waals surface area contributed by atoms with Gasteiger partial charge in [0.25, 0.3) is 5.91 Å². The molecular weight excluding hydrogens is 445 g/mol. The summed E-state index contributed by atoms with van der Waals surface area (Å²) in [5.41, 5.74) is 0.0720. The van der Waals surface area contributed by atoms with E-state index in [-0.39, 0.29) is 32.4 Å². The number of anilines is 1. The highest BCUT2D eigenvalue weighted by Gasteiger charge is 2.17. The zero-order valence-corrected chi connectivity index (χ0v) is 15.8. The van der Waals surface area contributed by atoms with E-state index in [1.165, 1.54) is 30.3 Å². The largest absolute Gasteiger partial charge is 0.451 e. The Morgan fingerprint density at radius 2 is 1.78 bits per heavy atom. The maximum atomic E-state index is 13.8. The van der Waals surface area contributed by atoms with Crippen molar-refractivity contribution in [2.45, 2.75) is 0 Å². The Balaban J connectivity index is 1.71. The van der Waals surface area contributed by atoms with Crippen molar-refractivity contribution in [2.75, 3.05) is 5.32 Å². The number of halogens is 4. The predicted octanol–water partition coefficient (Wildman–Crippen LogP) is 5.25. The number of amides is 1. The highest BCUT2D eigenvalue weighted by Crippen LogP contribution is 2.27. The monoisotopic (exact) mass is 454 g/mol. The number of thiocarbonyl (C=S) groups is 1. The quantitative estimate of drug-likeness (QED) is 0.530. The van der Waals surface area contributed by atoms with Crippen molar-refractivity contribution in [1.29, 1.82) is 0 Å². The van der Waals surface area contributed by atoms with Gasteiger partial charge in [-0.2, -0.15) is 0 Å². The summed E-state index contributed by atoms with van der Waals surface area (Å²) in [4.78, 5) is 12.2. The molecular formula is C18H10BrF3N2O2S. The van der Waals surface area contributed by atoms with Crippen molar-refractivity contribution < 1.29 is 22.4 Å². The fourth-order valence-electron chi connectivity index (χ4n) is 2.24. The van der Waals surface area contributed by atoms with Crippen molar-refractivity contribution >= 4 is 44.9 Å². The fourth-order valence-corrected chi connectivity index (χ4v) is 2.94. The smallest absolute Gasteiger partial charge is 0.293 e. The molecule has 138 valence electrons. The van der Waals surface area contributed by atoms with E-state index in [0.717, 1.165) is 6.07 Å². The van der Waals surface area contributed by atoms with Gasteiger partial charge in [-0.05, 0) is 58.5 Å². The van der Waals surface area contributed by atoms with E-state index in [9.17, 15) is 18.0 Å².